The van der Waals surface area contributed by atoms with Crippen molar-refractivity contribution in [2.45, 2.75) is 44.9 Å². The highest BCUT2D eigenvalue weighted by Crippen LogP contribution is 2.38. The second-order valence-electron chi connectivity index (χ2n) is 4.72. The van der Waals surface area contributed by atoms with Crippen molar-refractivity contribution < 1.29 is 9.53 Å². The first-order chi connectivity index (χ1) is 8.76. The number of hydrogen-bond donors (Lipinski definition) is 0. The summed E-state index contributed by atoms with van der Waals surface area (Å²) < 4.78 is 5.44. The molecule has 0 aromatic heterocycles. The van der Waals surface area contributed by atoms with Crippen LogP contribution in [0.15, 0.2) is 18.2 Å². The van der Waals surface area contributed by atoms with Gasteiger partial charge in [-0.25, -0.2) is 0 Å². The molecular formula is C15H19BrO2. The van der Waals surface area contributed by atoms with E-state index in [1.165, 1.54) is 24.0 Å². The summed E-state index contributed by atoms with van der Waals surface area (Å²) in [5.74, 6) is 1.23. The second-order valence-corrected chi connectivity index (χ2v) is 5.51. The van der Waals surface area contributed by atoms with Crippen LogP contribution in [0.2, 0.25) is 0 Å². The molecule has 0 amide bonds. The summed E-state index contributed by atoms with van der Waals surface area (Å²) in [6.07, 6.45) is 5.03. The van der Waals surface area contributed by atoms with Gasteiger partial charge in [-0.15, -0.1) is 0 Å². The Labute approximate surface area is 117 Å². The molecule has 18 heavy (non-hydrogen) atoms. The van der Waals surface area contributed by atoms with Gasteiger partial charge in [0.15, 0.2) is 0 Å². The van der Waals surface area contributed by atoms with Gasteiger partial charge in [0.2, 0.25) is 0 Å². The Kier molecular flexibility index (Phi) is 4.81. The monoisotopic (exact) mass is 310 g/mol. The largest absolute Gasteiger partial charge is 0.426 e. The summed E-state index contributed by atoms with van der Waals surface area (Å²) in [6.45, 7) is 1.82. The zero-order valence-electron chi connectivity index (χ0n) is 10.7. The van der Waals surface area contributed by atoms with Gasteiger partial charge in [-0.3, -0.25) is 4.79 Å². The van der Waals surface area contributed by atoms with Crippen LogP contribution < -0.4 is 4.74 Å². The van der Waals surface area contributed by atoms with Crippen LogP contribution in [0.5, 0.6) is 5.75 Å². The van der Waals surface area contributed by atoms with E-state index in [2.05, 4.69) is 22.0 Å². The molecule has 1 atom stereocenters. The number of esters is 1. The van der Waals surface area contributed by atoms with Gasteiger partial charge >= 0.3 is 5.97 Å². The van der Waals surface area contributed by atoms with Crippen LogP contribution in [0.4, 0.5) is 0 Å². The fourth-order valence-electron chi connectivity index (χ4n) is 2.64. The van der Waals surface area contributed by atoms with Crippen molar-refractivity contribution in [1.82, 2.24) is 0 Å². The number of alkyl halides is 1. The lowest BCUT2D eigenvalue weighted by Crippen LogP contribution is -2.14. The first-order valence-electron chi connectivity index (χ1n) is 6.64. The lowest BCUT2D eigenvalue weighted by atomic mass is 9.81. The SMILES string of the molecule is CCC(=O)Oc1cccc2c1CCCC2CCBr. The Morgan fingerprint density at radius 1 is 1.50 bits per heavy atom. The summed E-state index contributed by atoms with van der Waals surface area (Å²) >= 11 is 3.52. The van der Waals surface area contributed by atoms with Crippen LogP contribution in [0.25, 0.3) is 0 Å². The average Bonchev–Trinajstić information content (AvgIpc) is 2.40. The van der Waals surface area contributed by atoms with Crippen LogP contribution in [0.3, 0.4) is 0 Å². The van der Waals surface area contributed by atoms with Crippen molar-refractivity contribution in [3.8, 4) is 5.75 Å². The molecule has 2 rings (SSSR count). The number of fused-ring (bicyclic) bond motifs is 1. The molecule has 98 valence electrons. The second kappa shape index (κ2) is 6.37. The van der Waals surface area contributed by atoms with Crippen molar-refractivity contribution in [2.24, 2.45) is 0 Å². The number of carbonyl (C=O) groups is 1. The van der Waals surface area contributed by atoms with Crippen molar-refractivity contribution >= 4 is 21.9 Å². The van der Waals surface area contributed by atoms with Crippen LogP contribution in [-0.4, -0.2) is 11.3 Å². The number of benzene rings is 1. The van der Waals surface area contributed by atoms with E-state index < -0.39 is 0 Å². The van der Waals surface area contributed by atoms with Gasteiger partial charge in [-0.2, -0.15) is 0 Å². The standard InChI is InChI=1S/C15H19BrO2/c1-2-15(17)18-14-8-4-6-12-11(9-10-16)5-3-7-13(12)14/h4,6,8,11H,2-3,5,7,9-10H2,1H3. The van der Waals surface area contributed by atoms with Gasteiger partial charge in [0, 0.05) is 11.8 Å². The van der Waals surface area contributed by atoms with Gasteiger partial charge in [-0.05, 0) is 48.8 Å². The van der Waals surface area contributed by atoms with E-state index in [9.17, 15) is 4.79 Å². The fraction of sp³-hybridized carbons (Fsp3) is 0.533. The fourth-order valence-corrected chi connectivity index (χ4v) is 3.19. The molecule has 0 fully saturated rings. The highest BCUT2D eigenvalue weighted by Gasteiger charge is 2.22. The molecule has 0 spiro atoms. The number of halogens is 1. The summed E-state index contributed by atoms with van der Waals surface area (Å²) in [6, 6.07) is 6.11. The molecule has 0 bridgehead atoms. The number of carbonyl (C=O) groups excluding carboxylic acids is 1. The molecule has 0 saturated carbocycles. The highest BCUT2D eigenvalue weighted by atomic mass is 79.9. The third kappa shape index (κ3) is 2.94. The van der Waals surface area contributed by atoms with E-state index in [0.29, 0.717) is 12.3 Å². The Bertz CT molecular complexity index is 429. The van der Waals surface area contributed by atoms with Crippen LogP contribution >= 0.6 is 15.9 Å². The Morgan fingerprint density at radius 2 is 2.33 bits per heavy atom. The predicted molar refractivity (Wildman–Crippen MR) is 76.5 cm³/mol. The van der Waals surface area contributed by atoms with Gasteiger partial charge in [0.05, 0.1) is 0 Å². The van der Waals surface area contributed by atoms with Crippen LogP contribution in [-0.2, 0) is 11.2 Å². The van der Waals surface area contributed by atoms with Crippen molar-refractivity contribution in [1.29, 1.82) is 0 Å². The topological polar surface area (TPSA) is 26.3 Å². The van der Waals surface area contributed by atoms with Gasteiger partial charge in [-0.1, -0.05) is 35.0 Å². The van der Waals surface area contributed by atoms with E-state index >= 15 is 0 Å². The third-order valence-corrected chi connectivity index (χ3v) is 4.02. The predicted octanol–water partition coefficient (Wildman–Crippen LogP) is 4.21. The molecule has 0 radical (unpaired) electrons. The van der Waals surface area contributed by atoms with Gasteiger partial charge < -0.3 is 4.74 Å². The molecule has 0 heterocycles. The molecule has 0 saturated heterocycles. The van der Waals surface area contributed by atoms with Crippen molar-refractivity contribution in [3.05, 3.63) is 29.3 Å². The first kappa shape index (κ1) is 13.6. The zero-order chi connectivity index (χ0) is 13.0. The smallest absolute Gasteiger partial charge is 0.310 e. The summed E-state index contributed by atoms with van der Waals surface area (Å²) in [4.78, 5) is 11.4. The Morgan fingerprint density at radius 3 is 3.06 bits per heavy atom. The molecule has 3 heteroatoms. The molecule has 1 aliphatic carbocycles. The summed E-state index contributed by atoms with van der Waals surface area (Å²) in [5.41, 5.74) is 2.62. The van der Waals surface area contributed by atoms with Gasteiger partial charge in [0.25, 0.3) is 0 Å². The van der Waals surface area contributed by atoms with Crippen LogP contribution in [0, 0.1) is 0 Å². The van der Waals surface area contributed by atoms with E-state index in [0.717, 1.165) is 23.9 Å². The summed E-state index contributed by atoms with van der Waals surface area (Å²) in [5, 5.41) is 1.02. The molecule has 0 aliphatic heterocycles. The van der Waals surface area contributed by atoms with Crippen molar-refractivity contribution in [3.63, 3.8) is 0 Å². The summed E-state index contributed by atoms with van der Waals surface area (Å²) in [7, 11) is 0. The minimum atomic E-state index is -0.147. The van der Waals surface area contributed by atoms with E-state index in [4.69, 9.17) is 4.74 Å². The van der Waals surface area contributed by atoms with Gasteiger partial charge in [0.1, 0.15) is 5.75 Å². The number of ether oxygens (including phenoxy) is 1. The molecule has 1 aliphatic rings. The average molecular weight is 311 g/mol. The number of rotatable bonds is 4. The first-order valence-corrected chi connectivity index (χ1v) is 7.76. The molecule has 1 aromatic carbocycles. The normalized spacial score (nSPS) is 18.2. The van der Waals surface area contributed by atoms with E-state index in [1.807, 2.05) is 19.1 Å². The van der Waals surface area contributed by atoms with E-state index in [-0.39, 0.29) is 5.97 Å². The van der Waals surface area contributed by atoms with E-state index in [1.54, 1.807) is 0 Å². The maximum absolute atomic E-state index is 11.4. The third-order valence-electron chi connectivity index (χ3n) is 3.56. The maximum atomic E-state index is 11.4. The van der Waals surface area contributed by atoms with Crippen LogP contribution in [0.1, 0.15) is 49.7 Å². The minimum Gasteiger partial charge on any atom is -0.426 e. The molecule has 1 aromatic rings. The lowest BCUT2D eigenvalue weighted by molar-refractivity contribution is -0.134. The molecule has 1 unspecified atom stereocenters. The zero-order valence-corrected chi connectivity index (χ0v) is 12.3. The minimum absolute atomic E-state index is 0.147. The molecule has 2 nitrogen and oxygen atoms in total. The Balaban J connectivity index is 2.28. The molecule has 0 N–H and O–H groups in total. The Hall–Kier alpha value is -0.830. The molecular weight excluding hydrogens is 292 g/mol. The lowest BCUT2D eigenvalue weighted by Gasteiger charge is -2.26. The number of hydrogen-bond acceptors (Lipinski definition) is 2. The maximum Gasteiger partial charge on any atom is 0.310 e. The van der Waals surface area contributed by atoms with Crippen molar-refractivity contribution in [2.75, 3.05) is 5.33 Å². The highest BCUT2D eigenvalue weighted by molar-refractivity contribution is 9.09. The quantitative estimate of drug-likeness (QED) is 0.473.